The monoisotopic (exact) mass is 539 g/mol. The molecule has 196 valence electrons. The number of allylic oxidation sites excluding steroid dienone is 1. The van der Waals surface area contributed by atoms with E-state index in [1.807, 2.05) is 36.4 Å². The van der Waals surface area contributed by atoms with Gasteiger partial charge >= 0.3 is 0 Å². The molecule has 0 fully saturated rings. The molecule has 0 aliphatic heterocycles. The number of hydrogen-bond acceptors (Lipinski definition) is 6. The summed E-state index contributed by atoms with van der Waals surface area (Å²) in [5.74, 6) is 1.08. The Kier molecular flexibility index (Phi) is 7.16. The Hall–Kier alpha value is -4.89. The fourth-order valence-electron chi connectivity index (χ4n) is 4.16. The lowest BCUT2D eigenvalue weighted by atomic mass is 10.0. The number of carbonyl (C=O) groups excluding carboxylic acids is 1. The van der Waals surface area contributed by atoms with E-state index in [0.717, 1.165) is 22.2 Å². The number of H-pyrrole nitrogens is 1. The largest absolute Gasteiger partial charge is 0.496 e. The number of nitrogens with zero attached hydrogens (tertiary/aromatic N) is 1. The van der Waals surface area contributed by atoms with Crippen molar-refractivity contribution in [2.24, 2.45) is 0 Å². The molecule has 0 saturated carbocycles. The molecule has 39 heavy (non-hydrogen) atoms. The molecule has 0 bridgehead atoms. The van der Waals surface area contributed by atoms with Crippen molar-refractivity contribution in [1.82, 2.24) is 9.97 Å². The van der Waals surface area contributed by atoms with Crippen LogP contribution in [0, 0.1) is 0 Å². The lowest BCUT2D eigenvalue weighted by Gasteiger charge is -2.12. The van der Waals surface area contributed by atoms with E-state index in [-0.39, 0.29) is 16.5 Å². The van der Waals surface area contributed by atoms with Gasteiger partial charge in [-0.25, -0.2) is 13.4 Å². The Bertz CT molecular complexity index is 1740. The molecule has 0 atom stereocenters. The van der Waals surface area contributed by atoms with Gasteiger partial charge in [0.2, 0.25) is 0 Å². The van der Waals surface area contributed by atoms with E-state index in [4.69, 9.17) is 9.47 Å². The number of aromatic amines is 1. The molecule has 0 aliphatic carbocycles. The van der Waals surface area contributed by atoms with Crippen molar-refractivity contribution in [3.8, 4) is 22.8 Å². The van der Waals surface area contributed by atoms with Crippen LogP contribution < -0.4 is 14.2 Å². The number of sulfonamides is 1. The number of ketones is 1. The van der Waals surface area contributed by atoms with Crippen molar-refractivity contribution in [3.05, 3.63) is 108 Å². The second kappa shape index (κ2) is 10.8. The predicted molar refractivity (Wildman–Crippen MR) is 152 cm³/mol. The van der Waals surface area contributed by atoms with Gasteiger partial charge in [-0.15, -0.1) is 0 Å². The van der Waals surface area contributed by atoms with Crippen LogP contribution in [0.2, 0.25) is 0 Å². The molecule has 5 rings (SSSR count). The van der Waals surface area contributed by atoms with Gasteiger partial charge in [-0.2, -0.15) is 0 Å². The molecule has 8 nitrogen and oxygen atoms in total. The number of ether oxygens (including phenoxy) is 2. The summed E-state index contributed by atoms with van der Waals surface area (Å²) in [5, 5.41) is 1.07. The number of anilines is 1. The maximum Gasteiger partial charge on any atom is 0.263 e. The number of para-hydroxylation sites is 1. The summed E-state index contributed by atoms with van der Waals surface area (Å²) in [6, 6.07) is 24.3. The maximum absolute atomic E-state index is 12.9. The molecule has 0 amide bonds. The van der Waals surface area contributed by atoms with Gasteiger partial charge in [0.15, 0.2) is 5.78 Å². The number of methoxy groups -OCH3 is 2. The zero-order valence-electron chi connectivity index (χ0n) is 21.2. The average molecular weight is 540 g/mol. The van der Waals surface area contributed by atoms with Gasteiger partial charge in [0.25, 0.3) is 10.0 Å². The first-order valence-electron chi connectivity index (χ1n) is 12.0. The molecule has 0 saturated heterocycles. The minimum atomic E-state index is -3.84. The topological polar surface area (TPSA) is 110 Å². The molecule has 0 spiro atoms. The molecule has 9 heteroatoms. The van der Waals surface area contributed by atoms with Crippen molar-refractivity contribution in [2.45, 2.75) is 4.90 Å². The minimum Gasteiger partial charge on any atom is -0.496 e. The van der Waals surface area contributed by atoms with E-state index in [2.05, 4.69) is 14.7 Å². The molecule has 2 aromatic heterocycles. The second-order valence-electron chi connectivity index (χ2n) is 8.61. The number of nitrogens with one attached hydrogen (secondary N) is 2. The standard InChI is InChI=1S/C30H25N3O5S/c1-37-28-19-29(38-2)24(26-18-21-7-3-4-8-25(21)32-26)17-22(28)12-15-27(34)20-10-13-23(14-11-20)39(35,36)33-30-9-5-6-16-31-30/h3-19,32H,1-2H3,(H,31,33). The number of carbonyl (C=O) groups is 1. The molecular weight excluding hydrogens is 514 g/mol. The normalized spacial score (nSPS) is 11.5. The average Bonchev–Trinajstić information content (AvgIpc) is 3.40. The molecule has 0 radical (unpaired) electrons. The molecule has 5 aromatic rings. The molecule has 0 aliphatic rings. The van der Waals surface area contributed by atoms with E-state index in [9.17, 15) is 13.2 Å². The predicted octanol–water partition coefficient (Wildman–Crippen LogP) is 5.94. The second-order valence-corrected chi connectivity index (χ2v) is 10.3. The van der Waals surface area contributed by atoms with Crippen LogP contribution in [0.5, 0.6) is 11.5 Å². The Morgan fingerprint density at radius 2 is 1.64 bits per heavy atom. The van der Waals surface area contributed by atoms with Crippen molar-refractivity contribution in [3.63, 3.8) is 0 Å². The van der Waals surface area contributed by atoms with Gasteiger partial charge in [-0.1, -0.05) is 24.3 Å². The fourth-order valence-corrected chi connectivity index (χ4v) is 5.17. The number of fused-ring (bicyclic) bond motifs is 1. The highest BCUT2D eigenvalue weighted by Crippen LogP contribution is 2.37. The highest BCUT2D eigenvalue weighted by molar-refractivity contribution is 7.92. The van der Waals surface area contributed by atoms with E-state index in [1.165, 1.54) is 36.5 Å². The summed E-state index contributed by atoms with van der Waals surface area (Å²) in [5.41, 5.74) is 3.70. The first kappa shape index (κ1) is 25.7. The third kappa shape index (κ3) is 5.53. The van der Waals surface area contributed by atoms with Crippen molar-refractivity contribution in [1.29, 1.82) is 0 Å². The number of pyridine rings is 1. The summed E-state index contributed by atoms with van der Waals surface area (Å²) in [6.07, 6.45) is 4.59. The van der Waals surface area contributed by atoms with Crippen molar-refractivity contribution in [2.75, 3.05) is 18.9 Å². The zero-order valence-corrected chi connectivity index (χ0v) is 22.0. The summed E-state index contributed by atoms with van der Waals surface area (Å²) >= 11 is 0. The molecule has 2 heterocycles. The van der Waals surface area contributed by atoms with Gasteiger partial charge in [0, 0.05) is 39.9 Å². The highest BCUT2D eigenvalue weighted by Gasteiger charge is 2.16. The van der Waals surface area contributed by atoms with E-state index in [1.54, 1.807) is 44.6 Å². The SMILES string of the molecule is COc1cc(OC)c(-c2cc3ccccc3[nH]2)cc1C=CC(=O)c1ccc(S(=O)(=O)Nc2ccccn2)cc1. The smallest absolute Gasteiger partial charge is 0.263 e. The molecule has 2 N–H and O–H groups in total. The van der Waals surface area contributed by atoms with Crippen LogP contribution in [0.15, 0.2) is 102 Å². The summed E-state index contributed by atoms with van der Waals surface area (Å²) < 4.78 is 38.9. The van der Waals surface area contributed by atoms with Crippen LogP contribution in [-0.4, -0.2) is 38.4 Å². The van der Waals surface area contributed by atoms with Crippen LogP contribution in [0.4, 0.5) is 5.82 Å². The summed E-state index contributed by atoms with van der Waals surface area (Å²) in [7, 11) is -0.698. The zero-order chi connectivity index (χ0) is 27.4. The number of hydrogen-bond donors (Lipinski definition) is 2. The van der Waals surface area contributed by atoms with Crippen molar-refractivity contribution >= 4 is 38.6 Å². The third-order valence-electron chi connectivity index (χ3n) is 6.14. The van der Waals surface area contributed by atoms with E-state index in [0.29, 0.717) is 22.6 Å². The van der Waals surface area contributed by atoms with Gasteiger partial charge in [-0.3, -0.25) is 9.52 Å². The van der Waals surface area contributed by atoms with Crippen molar-refractivity contribution < 1.29 is 22.7 Å². The number of aromatic nitrogens is 2. The van der Waals surface area contributed by atoms with Gasteiger partial charge < -0.3 is 14.5 Å². The quantitative estimate of drug-likeness (QED) is 0.177. The minimum absolute atomic E-state index is 0.0217. The summed E-state index contributed by atoms with van der Waals surface area (Å²) in [6.45, 7) is 0. The molecule has 3 aromatic carbocycles. The first-order chi connectivity index (χ1) is 18.9. The van der Waals surface area contributed by atoms with Crippen LogP contribution in [0.3, 0.4) is 0 Å². The van der Waals surface area contributed by atoms with E-state index < -0.39 is 10.0 Å². The van der Waals surface area contributed by atoms with Crippen LogP contribution in [0.1, 0.15) is 15.9 Å². The lowest BCUT2D eigenvalue weighted by molar-refractivity contribution is 0.104. The Labute approximate surface area is 226 Å². The van der Waals surface area contributed by atoms with Crippen LogP contribution >= 0.6 is 0 Å². The third-order valence-corrected chi connectivity index (χ3v) is 7.51. The number of benzene rings is 3. The highest BCUT2D eigenvalue weighted by atomic mass is 32.2. The van der Waals surface area contributed by atoms with Crippen LogP contribution in [-0.2, 0) is 10.0 Å². The molecule has 0 unspecified atom stereocenters. The first-order valence-corrected chi connectivity index (χ1v) is 13.5. The Balaban J connectivity index is 1.40. The fraction of sp³-hybridized carbons (Fsp3) is 0.0667. The maximum atomic E-state index is 12.9. The van der Waals surface area contributed by atoms with Crippen LogP contribution in [0.25, 0.3) is 28.2 Å². The number of rotatable bonds is 9. The Morgan fingerprint density at radius 1 is 0.897 bits per heavy atom. The summed E-state index contributed by atoms with van der Waals surface area (Å²) in [4.78, 5) is 20.3. The van der Waals surface area contributed by atoms with Gasteiger partial charge in [0.1, 0.15) is 17.3 Å². The van der Waals surface area contributed by atoms with Gasteiger partial charge in [0.05, 0.1) is 24.8 Å². The van der Waals surface area contributed by atoms with Gasteiger partial charge in [-0.05, 0) is 66.7 Å². The molecular formula is C30H25N3O5S. The Morgan fingerprint density at radius 3 is 2.33 bits per heavy atom. The van der Waals surface area contributed by atoms with E-state index >= 15 is 0 Å². The lowest BCUT2D eigenvalue weighted by Crippen LogP contribution is -2.13.